The summed E-state index contributed by atoms with van der Waals surface area (Å²) in [6.07, 6.45) is 6.11. The smallest absolute Gasteiger partial charge is 0.246 e. The maximum atomic E-state index is 12.6. The lowest BCUT2D eigenvalue weighted by molar-refractivity contribution is -0.125. The van der Waals surface area contributed by atoms with E-state index in [0.717, 1.165) is 16.7 Å². The Kier molecular flexibility index (Phi) is 5.82. The zero-order valence-electron chi connectivity index (χ0n) is 17.7. The van der Waals surface area contributed by atoms with Gasteiger partial charge in [0.05, 0.1) is 14.2 Å². The van der Waals surface area contributed by atoms with E-state index in [4.69, 9.17) is 9.47 Å². The minimum Gasteiger partial charge on any atom is -0.493 e. The van der Waals surface area contributed by atoms with Gasteiger partial charge in [0, 0.05) is 37.1 Å². The van der Waals surface area contributed by atoms with Crippen LogP contribution in [0.1, 0.15) is 47.0 Å². The Bertz CT molecular complexity index is 907. The number of carbonyl (C=O) groups is 1. The highest BCUT2D eigenvalue weighted by atomic mass is 16.5. The standard InChI is InChI=1S/C23H30N2O3/c1-15-11-21(27-5)22(28-6)13-19(15)14-24(4)23(26)10-7-18-12-16(2)25(17(18)3)20-8-9-20/h7,10-13,20H,8-9,14H2,1-6H3/b10-7+. The number of benzene rings is 1. The molecule has 5 nitrogen and oxygen atoms in total. The molecule has 3 rings (SSSR count). The van der Waals surface area contributed by atoms with Gasteiger partial charge in [-0.2, -0.15) is 0 Å². The maximum Gasteiger partial charge on any atom is 0.246 e. The Balaban J connectivity index is 1.72. The van der Waals surface area contributed by atoms with E-state index in [2.05, 4.69) is 24.5 Å². The van der Waals surface area contributed by atoms with E-state index in [0.29, 0.717) is 24.1 Å². The lowest BCUT2D eigenvalue weighted by Gasteiger charge is -2.18. The summed E-state index contributed by atoms with van der Waals surface area (Å²) >= 11 is 0. The zero-order chi connectivity index (χ0) is 20.4. The summed E-state index contributed by atoms with van der Waals surface area (Å²) in [5, 5.41) is 0. The second-order valence-electron chi connectivity index (χ2n) is 7.59. The molecule has 28 heavy (non-hydrogen) atoms. The van der Waals surface area contributed by atoms with Crippen molar-refractivity contribution in [1.29, 1.82) is 0 Å². The molecule has 0 bridgehead atoms. The summed E-state index contributed by atoms with van der Waals surface area (Å²) in [4.78, 5) is 14.3. The predicted molar refractivity (Wildman–Crippen MR) is 112 cm³/mol. The van der Waals surface area contributed by atoms with Crippen LogP contribution in [0.3, 0.4) is 0 Å². The molecule has 1 fully saturated rings. The zero-order valence-corrected chi connectivity index (χ0v) is 17.7. The molecule has 1 aliphatic carbocycles. The molecule has 0 radical (unpaired) electrons. The van der Waals surface area contributed by atoms with Crippen LogP contribution in [0, 0.1) is 20.8 Å². The van der Waals surface area contributed by atoms with E-state index < -0.39 is 0 Å². The Morgan fingerprint density at radius 2 is 1.79 bits per heavy atom. The van der Waals surface area contributed by atoms with Crippen molar-refractivity contribution in [3.8, 4) is 11.5 Å². The minimum atomic E-state index is -0.0228. The summed E-state index contributed by atoms with van der Waals surface area (Å²) in [6.45, 7) is 6.79. The topological polar surface area (TPSA) is 43.7 Å². The number of methoxy groups -OCH3 is 2. The molecular weight excluding hydrogens is 352 g/mol. The van der Waals surface area contributed by atoms with Gasteiger partial charge in [-0.1, -0.05) is 0 Å². The Morgan fingerprint density at radius 1 is 1.14 bits per heavy atom. The van der Waals surface area contributed by atoms with Crippen molar-refractivity contribution in [3.63, 3.8) is 0 Å². The molecule has 1 aromatic carbocycles. The van der Waals surface area contributed by atoms with Gasteiger partial charge in [-0.3, -0.25) is 4.79 Å². The van der Waals surface area contributed by atoms with Crippen LogP contribution in [0.5, 0.6) is 11.5 Å². The predicted octanol–water partition coefficient (Wildman–Crippen LogP) is 4.44. The third-order valence-electron chi connectivity index (χ3n) is 5.47. The number of hydrogen-bond donors (Lipinski definition) is 0. The Labute approximate surface area is 167 Å². The van der Waals surface area contributed by atoms with Crippen molar-refractivity contribution in [2.75, 3.05) is 21.3 Å². The average Bonchev–Trinajstić information content (AvgIpc) is 3.46. The van der Waals surface area contributed by atoms with E-state index in [1.54, 1.807) is 25.2 Å². The van der Waals surface area contributed by atoms with Crippen LogP contribution in [-0.4, -0.2) is 36.6 Å². The summed E-state index contributed by atoms with van der Waals surface area (Å²) in [6, 6.07) is 6.68. The van der Waals surface area contributed by atoms with Crippen molar-refractivity contribution in [2.24, 2.45) is 0 Å². The van der Waals surface area contributed by atoms with Crippen LogP contribution in [0.25, 0.3) is 6.08 Å². The maximum absolute atomic E-state index is 12.6. The van der Waals surface area contributed by atoms with Gasteiger partial charge in [0.25, 0.3) is 0 Å². The first kappa shape index (κ1) is 20.1. The van der Waals surface area contributed by atoms with Crippen LogP contribution in [0.15, 0.2) is 24.3 Å². The number of amides is 1. The second kappa shape index (κ2) is 8.13. The van der Waals surface area contributed by atoms with Gasteiger partial charge in [0.1, 0.15) is 0 Å². The number of carbonyl (C=O) groups excluding carboxylic acids is 1. The largest absolute Gasteiger partial charge is 0.493 e. The molecule has 150 valence electrons. The molecule has 1 aliphatic rings. The molecule has 0 aliphatic heterocycles. The van der Waals surface area contributed by atoms with E-state index in [9.17, 15) is 4.79 Å². The second-order valence-corrected chi connectivity index (χ2v) is 7.59. The summed E-state index contributed by atoms with van der Waals surface area (Å²) in [5.41, 5.74) is 5.72. The normalized spacial score (nSPS) is 13.8. The lowest BCUT2D eigenvalue weighted by atomic mass is 10.1. The van der Waals surface area contributed by atoms with Gasteiger partial charge in [0.2, 0.25) is 5.91 Å². The van der Waals surface area contributed by atoms with E-state index >= 15 is 0 Å². The number of hydrogen-bond acceptors (Lipinski definition) is 3. The van der Waals surface area contributed by atoms with E-state index in [1.807, 2.05) is 32.2 Å². The Morgan fingerprint density at radius 3 is 2.39 bits per heavy atom. The molecule has 1 amide bonds. The molecule has 0 N–H and O–H groups in total. The van der Waals surface area contributed by atoms with Crippen molar-refractivity contribution >= 4 is 12.0 Å². The number of rotatable bonds is 7. The lowest BCUT2D eigenvalue weighted by Crippen LogP contribution is -2.24. The van der Waals surface area contributed by atoms with Crippen LogP contribution < -0.4 is 9.47 Å². The van der Waals surface area contributed by atoms with Gasteiger partial charge >= 0.3 is 0 Å². The number of likely N-dealkylation sites (N-methyl/N-ethyl adjacent to an activating group) is 1. The fourth-order valence-corrected chi connectivity index (χ4v) is 3.68. The number of aryl methyl sites for hydroxylation is 2. The minimum absolute atomic E-state index is 0.0228. The number of aromatic nitrogens is 1. The molecular formula is C23H30N2O3. The monoisotopic (exact) mass is 382 g/mol. The molecule has 1 heterocycles. The van der Waals surface area contributed by atoms with Crippen molar-refractivity contribution in [2.45, 2.75) is 46.2 Å². The average molecular weight is 383 g/mol. The molecule has 0 saturated heterocycles. The molecule has 0 unspecified atom stereocenters. The van der Waals surface area contributed by atoms with Crippen LogP contribution in [0.2, 0.25) is 0 Å². The van der Waals surface area contributed by atoms with Gasteiger partial charge in [-0.05, 0) is 74.6 Å². The SMILES string of the molecule is COc1cc(C)c(CN(C)C(=O)/C=C/c2cc(C)n(C3CC3)c2C)cc1OC. The third-order valence-corrected chi connectivity index (χ3v) is 5.47. The van der Waals surface area contributed by atoms with Crippen molar-refractivity contribution in [3.05, 3.63) is 52.4 Å². The first-order valence-electron chi connectivity index (χ1n) is 9.68. The molecule has 0 spiro atoms. The van der Waals surface area contributed by atoms with Gasteiger partial charge < -0.3 is 18.9 Å². The van der Waals surface area contributed by atoms with Crippen LogP contribution >= 0.6 is 0 Å². The van der Waals surface area contributed by atoms with Crippen molar-refractivity contribution < 1.29 is 14.3 Å². The van der Waals surface area contributed by atoms with Gasteiger partial charge in [-0.25, -0.2) is 0 Å². The first-order valence-corrected chi connectivity index (χ1v) is 9.68. The first-order chi connectivity index (χ1) is 13.3. The fraction of sp³-hybridized carbons (Fsp3) is 0.435. The highest BCUT2D eigenvalue weighted by Crippen LogP contribution is 2.38. The quantitative estimate of drug-likeness (QED) is 0.665. The molecule has 0 atom stereocenters. The van der Waals surface area contributed by atoms with Crippen LogP contribution in [-0.2, 0) is 11.3 Å². The van der Waals surface area contributed by atoms with E-state index in [-0.39, 0.29) is 5.91 Å². The fourth-order valence-electron chi connectivity index (χ4n) is 3.68. The van der Waals surface area contributed by atoms with Gasteiger partial charge in [0.15, 0.2) is 11.5 Å². The highest BCUT2D eigenvalue weighted by Gasteiger charge is 2.26. The molecule has 1 saturated carbocycles. The molecule has 1 aromatic heterocycles. The number of nitrogens with zero attached hydrogens (tertiary/aromatic N) is 2. The summed E-state index contributed by atoms with van der Waals surface area (Å²) in [7, 11) is 5.06. The van der Waals surface area contributed by atoms with Crippen LogP contribution in [0.4, 0.5) is 0 Å². The summed E-state index contributed by atoms with van der Waals surface area (Å²) in [5.74, 6) is 1.35. The highest BCUT2D eigenvalue weighted by molar-refractivity contribution is 5.91. The Hall–Kier alpha value is -2.69. The third kappa shape index (κ3) is 4.08. The van der Waals surface area contributed by atoms with Crippen molar-refractivity contribution in [1.82, 2.24) is 9.47 Å². The molecule has 2 aromatic rings. The summed E-state index contributed by atoms with van der Waals surface area (Å²) < 4.78 is 13.1. The number of ether oxygens (including phenoxy) is 2. The van der Waals surface area contributed by atoms with Gasteiger partial charge in [-0.15, -0.1) is 0 Å². The molecule has 5 heteroatoms. The van der Waals surface area contributed by atoms with E-state index in [1.165, 1.54) is 24.2 Å².